The molecule has 0 atom stereocenters. The van der Waals surface area contributed by atoms with Crippen molar-refractivity contribution in [3.63, 3.8) is 0 Å². The van der Waals surface area contributed by atoms with Gasteiger partial charge in [-0.25, -0.2) is 4.79 Å². The van der Waals surface area contributed by atoms with Crippen molar-refractivity contribution in [2.45, 2.75) is 59.3 Å². The van der Waals surface area contributed by atoms with E-state index in [9.17, 15) is 9.59 Å². The van der Waals surface area contributed by atoms with Crippen LogP contribution in [0.25, 0.3) is 0 Å². The number of hydrogen-bond acceptors (Lipinski definition) is 4. The molecule has 1 aromatic rings. The Kier molecular flexibility index (Phi) is 6.84. The number of carbonyl (C=O) groups is 2. The molecule has 0 bridgehead atoms. The molecule has 0 fully saturated rings. The zero-order valence-electron chi connectivity index (χ0n) is 15.2. The summed E-state index contributed by atoms with van der Waals surface area (Å²) in [4.78, 5) is 25.9. The van der Waals surface area contributed by atoms with Crippen LogP contribution in [0, 0.1) is 0 Å². The highest BCUT2D eigenvalue weighted by Gasteiger charge is 2.26. The van der Waals surface area contributed by atoms with Crippen molar-refractivity contribution < 1.29 is 19.1 Å². The molecule has 0 spiro atoms. The normalized spacial score (nSPS) is 11.8. The molecule has 0 unspecified atom stereocenters. The highest BCUT2D eigenvalue weighted by molar-refractivity contribution is 9.10. The molecule has 1 rings (SSSR count). The van der Waals surface area contributed by atoms with Crippen molar-refractivity contribution in [2.24, 2.45) is 0 Å². The number of halogens is 1. The van der Waals surface area contributed by atoms with Gasteiger partial charge in [-0.05, 0) is 59.2 Å². The predicted octanol–water partition coefficient (Wildman–Crippen LogP) is 4.53. The second-order valence-corrected chi connectivity index (χ2v) is 8.46. The van der Waals surface area contributed by atoms with Gasteiger partial charge in [0.2, 0.25) is 0 Å². The smallest absolute Gasteiger partial charge is 0.411 e. The Balaban J connectivity index is 2.88. The van der Waals surface area contributed by atoms with E-state index in [1.807, 2.05) is 24.3 Å². The van der Waals surface area contributed by atoms with Gasteiger partial charge in [-0.3, -0.25) is 9.69 Å². The molecular formula is C18H26BrNO4. The van der Waals surface area contributed by atoms with Crippen LogP contribution in [0.15, 0.2) is 28.7 Å². The summed E-state index contributed by atoms with van der Waals surface area (Å²) in [5.74, 6) is -0.467. The van der Waals surface area contributed by atoms with E-state index in [0.29, 0.717) is 0 Å². The fraction of sp³-hybridized carbons (Fsp3) is 0.556. The minimum Gasteiger partial charge on any atom is -0.459 e. The third kappa shape index (κ3) is 8.34. The van der Waals surface area contributed by atoms with Crippen LogP contribution in [0.3, 0.4) is 0 Å². The summed E-state index contributed by atoms with van der Waals surface area (Å²) in [6.07, 6.45) is -0.545. The molecule has 0 aliphatic heterocycles. The maximum Gasteiger partial charge on any atom is 0.411 e. The van der Waals surface area contributed by atoms with Crippen molar-refractivity contribution >= 4 is 28.0 Å². The third-order valence-electron chi connectivity index (χ3n) is 2.68. The van der Waals surface area contributed by atoms with Gasteiger partial charge in [0.1, 0.15) is 17.7 Å². The summed E-state index contributed by atoms with van der Waals surface area (Å²) < 4.78 is 11.7. The average Bonchev–Trinajstić information content (AvgIpc) is 2.36. The molecule has 134 valence electrons. The number of nitrogens with zero attached hydrogens (tertiary/aromatic N) is 1. The molecule has 0 N–H and O–H groups in total. The van der Waals surface area contributed by atoms with E-state index in [1.165, 1.54) is 4.90 Å². The van der Waals surface area contributed by atoms with Crippen LogP contribution < -0.4 is 0 Å². The van der Waals surface area contributed by atoms with Crippen molar-refractivity contribution in [3.05, 3.63) is 34.3 Å². The summed E-state index contributed by atoms with van der Waals surface area (Å²) in [5.41, 5.74) is -0.343. The van der Waals surface area contributed by atoms with E-state index < -0.39 is 23.3 Å². The Labute approximate surface area is 152 Å². The molecule has 0 aliphatic carbocycles. The third-order valence-corrected chi connectivity index (χ3v) is 3.21. The molecule has 1 aromatic carbocycles. The molecule has 5 nitrogen and oxygen atoms in total. The quantitative estimate of drug-likeness (QED) is 0.697. The predicted molar refractivity (Wildman–Crippen MR) is 96.6 cm³/mol. The summed E-state index contributed by atoms with van der Waals surface area (Å²) >= 11 is 3.37. The van der Waals surface area contributed by atoms with Gasteiger partial charge in [0.25, 0.3) is 0 Å². The van der Waals surface area contributed by atoms with Gasteiger partial charge in [0.15, 0.2) is 0 Å². The van der Waals surface area contributed by atoms with E-state index >= 15 is 0 Å². The lowest BCUT2D eigenvalue weighted by atomic mass is 10.2. The zero-order valence-corrected chi connectivity index (χ0v) is 16.8. The van der Waals surface area contributed by atoms with Crippen LogP contribution in [0.1, 0.15) is 47.1 Å². The molecule has 24 heavy (non-hydrogen) atoms. The summed E-state index contributed by atoms with van der Waals surface area (Å²) in [5, 5.41) is 0. The number of esters is 1. The van der Waals surface area contributed by atoms with Gasteiger partial charge in [0.05, 0.1) is 0 Å². The van der Waals surface area contributed by atoms with Crippen LogP contribution in [-0.4, -0.2) is 34.7 Å². The monoisotopic (exact) mass is 399 g/mol. The maximum atomic E-state index is 12.4. The second kappa shape index (κ2) is 8.01. The van der Waals surface area contributed by atoms with Gasteiger partial charge < -0.3 is 9.47 Å². The van der Waals surface area contributed by atoms with E-state index in [4.69, 9.17) is 9.47 Å². The molecular weight excluding hydrogens is 374 g/mol. The summed E-state index contributed by atoms with van der Waals surface area (Å²) in [7, 11) is 0. The fourth-order valence-corrected chi connectivity index (χ4v) is 2.12. The van der Waals surface area contributed by atoms with E-state index in [1.54, 1.807) is 41.5 Å². The average molecular weight is 400 g/mol. The van der Waals surface area contributed by atoms with Crippen molar-refractivity contribution in [1.29, 1.82) is 0 Å². The molecule has 0 aliphatic rings. The Morgan fingerprint density at radius 3 is 1.92 bits per heavy atom. The largest absolute Gasteiger partial charge is 0.459 e. The van der Waals surface area contributed by atoms with Crippen LogP contribution in [-0.2, 0) is 20.8 Å². The Morgan fingerprint density at radius 2 is 1.46 bits per heavy atom. The van der Waals surface area contributed by atoms with Crippen molar-refractivity contribution in [1.82, 2.24) is 4.90 Å². The first-order valence-electron chi connectivity index (χ1n) is 7.80. The number of carbonyl (C=O) groups excluding carboxylic acids is 2. The second-order valence-electron chi connectivity index (χ2n) is 7.55. The van der Waals surface area contributed by atoms with Crippen molar-refractivity contribution in [2.75, 3.05) is 6.54 Å². The minimum atomic E-state index is -0.636. The SMILES string of the molecule is CC(C)(C)OC(=O)CN(Cc1ccc(Br)cc1)C(=O)OC(C)(C)C. The maximum absolute atomic E-state index is 12.4. The lowest BCUT2D eigenvalue weighted by molar-refractivity contribution is -0.156. The first-order chi connectivity index (χ1) is 10.9. The molecule has 0 aromatic heterocycles. The lowest BCUT2D eigenvalue weighted by Crippen LogP contribution is -2.41. The van der Waals surface area contributed by atoms with Gasteiger partial charge in [-0.1, -0.05) is 28.1 Å². The molecule has 0 saturated carbocycles. The van der Waals surface area contributed by atoms with Crippen LogP contribution >= 0.6 is 15.9 Å². The lowest BCUT2D eigenvalue weighted by Gasteiger charge is -2.28. The zero-order chi connectivity index (χ0) is 18.5. The van der Waals surface area contributed by atoms with Crippen LogP contribution in [0.2, 0.25) is 0 Å². The fourth-order valence-electron chi connectivity index (χ4n) is 1.85. The van der Waals surface area contributed by atoms with Gasteiger partial charge >= 0.3 is 12.1 Å². The first-order valence-corrected chi connectivity index (χ1v) is 8.59. The standard InChI is InChI=1S/C18H26BrNO4/c1-17(2,3)23-15(21)12-20(16(22)24-18(4,5)6)11-13-7-9-14(19)10-8-13/h7-10H,11-12H2,1-6H3. The number of amides is 1. The molecule has 0 radical (unpaired) electrons. The molecule has 1 amide bonds. The highest BCUT2D eigenvalue weighted by Crippen LogP contribution is 2.16. The molecule has 0 saturated heterocycles. The van der Waals surface area contributed by atoms with E-state index in [2.05, 4.69) is 15.9 Å². The molecule has 0 heterocycles. The van der Waals surface area contributed by atoms with E-state index in [-0.39, 0.29) is 13.1 Å². The van der Waals surface area contributed by atoms with Gasteiger partial charge in [-0.15, -0.1) is 0 Å². The van der Waals surface area contributed by atoms with Gasteiger partial charge in [-0.2, -0.15) is 0 Å². The first kappa shape index (κ1) is 20.5. The van der Waals surface area contributed by atoms with Crippen LogP contribution in [0.5, 0.6) is 0 Å². The molecule has 6 heteroatoms. The number of benzene rings is 1. The Morgan fingerprint density at radius 1 is 0.958 bits per heavy atom. The number of ether oxygens (including phenoxy) is 2. The topological polar surface area (TPSA) is 55.8 Å². The van der Waals surface area contributed by atoms with Crippen molar-refractivity contribution in [3.8, 4) is 0 Å². The Bertz CT molecular complexity index is 570. The van der Waals surface area contributed by atoms with Gasteiger partial charge in [0, 0.05) is 11.0 Å². The highest BCUT2D eigenvalue weighted by atomic mass is 79.9. The summed E-state index contributed by atoms with van der Waals surface area (Å²) in [6, 6.07) is 7.54. The number of hydrogen-bond donors (Lipinski definition) is 0. The Hall–Kier alpha value is -1.56. The van der Waals surface area contributed by atoms with Crippen LogP contribution in [0.4, 0.5) is 4.79 Å². The van der Waals surface area contributed by atoms with E-state index in [0.717, 1.165) is 10.0 Å². The summed E-state index contributed by atoms with van der Waals surface area (Å²) in [6.45, 7) is 10.8. The minimum absolute atomic E-state index is 0.164. The number of rotatable bonds is 4.